The van der Waals surface area contributed by atoms with Crippen molar-refractivity contribution in [3.05, 3.63) is 34.9 Å². The van der Waals surface area contributed by atoms with Crippen LogP contribution in [-0.4, -0.2) is 29.9 Å². The second-order valence-corrected chi connectivity index (χ2v) is 7.25. The zero-order valence-corrected chi connectivity index (χ0v) is 15.7. The van der Waals surface area contributed by atoms with Crippen molar-refractivity contribution in [3.63, 3.8) is 0 Å². The van der Waals surface area contributed by atoms with Crippen LogP contribution in [0.4, 0.5) is 0 Å². The van der Waals surface area contributed by atoms with Gasteiger partial charge in [-0.2, -0.15) is 0 Å². The van der Waals surface area contributed by atoms with E-state index in [1.54, 1.807) is 33.8 Å². The fraction of sp³-hybridized carbons (Fsp3) is 0.550. The molecule has 1 aliphatic heterocycles. The van der Waals surface area contributed by atoms with Crippen LogP contribution < -0.4 is 0 Å². The Kier molecular flexibility index (Phi) is 5.35. The second-order valence-electron chi connectivity index (χ2n) is 7.25. The molecule has 1 aliphatic rings. The number of hydrogen-bond acceptors (Lipinski definition) is 5. The quantitative estimate of drug-likeness (QED) is 0.465. The number of esters is 2. The van der Waals surface area contributed by atoms with Crippen molar-refractivity contribution in [1.82, 2.24) is 0 Å². The summed E-state index contributed by atoms with van der Waals surface area (Å²) in [4.78, 5) is 37.6. The summed E-state index contributed by atoms with van der Waals surface area (Å²) < 4.78 is 10.4. The van der Waals surface area contributed by atoms with Crippen molar-refractivity contribution < 1.29 is 23.9 Å². The van der Waals surface area contributed by atoms with E-state index in [1.807, 2.05) is 26.0 Å². The molecule has 0 unspecified atom stereocenters. The predicted molar refractivity (Wildman–Crippen MR) is 93.2 cm³/mol. The van der Waals surface area contributed by atoms with Crippen LogP contribution in [0.3, 0.4) is 0 Å². The molecule has 1 heterocycles. The van der Waals surface area contributed by atoms with Gasteiger partial charge in [0, 0.05) is 17.4 Å². The van der Waals surface area contributed by atoms with Gasteiger partial charge in [0.05, 0.1) is 6.61 Å². The molecular formula is C20H26O5. The van der Waals surface area contributed by atoms with Crippen molar-refractivity contribution in [2.75, 3.05) is 6.61 Å². The van der Waals surface area contributed by atoms with E-state index in [0.717, 1.165) is 11.1 Å². The number of Topliss-reactive ketones (excluding diaryl/α,β-unsaturated/α-hetero) is 1. The average molecular weight is 346 g/mol. The van der Waals surface area contributed by atoms with Crippen LogP contribution >= 0.6 is 0 Å². The van der Waals surface area contributed by atoms with Gasteiger partial charge in [0.25, 0.3) is 0 Å². The minimum atomic E-state index is -1.07. The maximum atomic E-state index is 13.1. The Bertz CT molecular complexity index is 704. The van der Waals surface area contributed by atoms with Gasteiger partial charge in [0.2, 0.25) is 0 Å². The first-order chi connectivity index (χ1) is 11.6. The van der Waals surface area contributed by atoms with E-state index in [2.05, 4.69) is 0 Å². The Hall–Kier alpha value is -2.17. The molecule has 136 valence electrons. The second kappa shape index (κ2) is 6.98. The van der Waals surface area contributed by atoms with Gasteiger partial charge in [-0.05, 0) is 40.2 Å². The average Bonchev–Trinajstić information content (AvgIpc) is 2.75. The highest BCUT2D eigenvalue weighted by Crippen LogP contribution is 2.43. The van der Waals surface area contributed by atoms with Crippen LogP contribution in [0.5, 0.6) is 0 Å². The van der Waals surface area contributed by atoms with Gasteiger partial charge in [-0.1, -0.05) is 30.7 Å². The highest BCUT2D eigenvalue weighted by Gasteiger charge is 2.57. The van der Waals surface area contributed by atoms with E-state index in [1.165, 1.54) is 0 Å². The summed E-state index contributed by atoms with van der Waals surface area (Å²) in [6.07, 6.45) is 0. The SMILES string of the molecule is CCOC(=O)[C@@H]1C(=O)OC(C)(C)[C@H]1[C@H](C)C(=O)c1ccc(C)cc1C. The fourth-order valence-electron chi connectivity index (χ4n) is 3.80. The molecule has 25 heavy (non-hydrogen) atoms. The summed E-state index contributed by atoms with van der Waals surface area (Å²) in [6.45, 7) is 10.9. The monoisotopic (exact) mass is 346 g/mol. The molecule has 0 spiro atoms. The topological polar surface area (TPSA) is 69.7 Å². The van der Waals surface area contributed by atoms with Crippen LogP contribution in [0, 0.1) is 31.6 Å². The largest absolute Gasteiger partial charge is 0.465 e. The molecule has 0 bridgehead atoms. The van der Waals surface area contributed by atoms with Crippen LogP contribution in [0.25, 0.3) is 0 Å². The highest BCUT2D eigenvalue weighted by atomic mass is 16.6. The number of rotatable bonds is 5. The van der Waals surface area contributed by atoms with E-state index in [0.29, 0.717) is 5.56 Å². The lowest BCUT2D eigenvalue weighted by Gasteiger charge is -2.31. The molecule has 0 N–H and O–H groups in total. The molecule has 0 amide bonds. The van der Waals surface area contributed by atoms with Gasteiger partial charge in [-0.25, -0.2) is 0 Å². The Morgan fingerprint density at radius 3 is 2.48 bits per heavy atom. The first kappa shape index (κ1) is 19.2. The van der Waals surface area contributed by atoms with E-state index >= 15 is 0 Å². The number of hydrogen-bond donors (Lipinski definition) is 0. The maximum absolute atomic E-state index is 13.1. The first-order valence-electron chi connectivity index (χ1n) is 8.61. The molecule has 1 saturated heterocycles. The van der Waals surface area contributed by atoms with Crippen molar-refractivity contribution in [2.45, 2.75) is 47.1 Å². The van der Waals surface area contributed by atoms with Gasteiger partial charge >= 0.3 is 11.9 Å². The van der Waals surface area contributed by atoms with Crippen molar-refractivity contribution in [2.24, 2.45) is 17.8 Å². The summed E-state index contributed by atoms with van der Waals surface area (Å²) in [6, 6.07) is 5.63. The lowest BCUT2D eigenvalue weighted by atomic mass is 9.72. The summed E-state index contributed by atoms with van der Waals surface area (Å²) in [5.41, 5.74) is 1.65. The van der Waals surface area contributed by atoms with Crippen LogP contribution in [0.2, 0.25) is 0 Å². The first-order valence-corrected chi connectivity index (χ1v) is 8.61. The summed E-state index contributed by atoms with van der Waals surface area (Å²) in [5.74, 6) is -3.54. The van der Waals surface area contributed by atoms with E-state index in [4.69, 9.17) is 9.47 Å². The molecule has 0 saturated carbocycles. The van der Waals surface area contributed by atoms with Crippen LogP contribution in [-0.2, 0) is 19.1 Å². The Balaban J connectivity index is 2.39. The summed E-state index contributed by atoms with van der Waals surface area (Å²) >= 11 is 0. The fourth-order valence-corrected chi connectivity index (χ4v) is 3.80. The Labute approximate surface area is 148 Å². The lowest BCUT2D eigenvalue weighted by Crippen LogP contribution is -2.41. The van der Waals surface area contributed by atoms with Crippen molar-refractivity contribution in [3.8, 4) is 0 Å². The maximum Gasteiger partial charge on any atom is 0.321 e. The molecule has 2 rings (SSSR count). The summed E-state index contributed by atoms with van der Waals surface area (Å²) in [5, 5.41) is 0. The number of benzene rings is 1. The van der Waals surface area contributed by atoms with Gasteiger partial charge in [-0.3, -0.25) is 14.4 Å². The van der Waals surface area contributed by atoms with Crippen LogP contribution in [0.15, 0.2) is 18.2 Å². The van der Waals surface area contributed by atoms with Crippen molar-refractivity contribution >= 4 is 17.7 Å². The van der Waals surface area contributed by atoms with Gasteiger partial charge < -0.3 is 9.47 Å². The number of ether oxygens (including phenoxy) is 2. The number of ketones is 1. The van der Waals surface area contributed by atoms with Crippen LogP contribution in [0.1, 0.15) is 49.2 Å². The smallest absolute Gasteiger partial charge is 0.321 e. The van der Waals surface area contributed by atoms with E-state index in [9.17, 15) is 14.4 Å². The minimum absolute atomic E-state index is 0.0943. The third kappa shape index (κ3) is 3.60. The molecule has 3 atom stereocenters. The normalized spacial score (nSPS) is 23.0. The molecule has 0 radical (unpaired) electrons. The summed E-state index contributed by atoms with van der Waals surface area (Å²) in [7, 11) is 0. The number of carbonyl (C=O) groups excluding carboxylic acids is 3. The van der Waals surface area contributed by atoms with Gasteiger partial charge in [-0.15, -0.1) is 0 Å². The Morgan fingerprint density at radius 2 is 1.92 bits per heavy atom. The highest BCUT2D eigenvalue weighted by molar-refractivity contribution is 6.02. The molecule has 5 nitrogen and oxygen atoms in total. The molecule has 1 aromatic carbocycles. The predicted octanol–water partition coefficient (Wildman–Crippen LogP) is 3.25. The van der Waals surface area contributed by atoms with Gasteiger partial charge in [0.1, 0.15) is 5.60 Å². The molecular weight excluding hydrogens is 320 g/mol. The standard InChI is InChI=1S/C20H26O5/c1-7-24-18(22)15-16(20(5,6)25-19(15)23)13(4)17(21)14-9-8-11(2)10-12(14)3/h8-10,13,15-16H,7H2,1-6H3/t13-,15+,16-/m0/s1. The molecule has 0 aromatic heterocycles. The molecule has 5 heteroatoms. The zero-order chi connectivity index (χ0) is 18.9. The third-order valence-corrected chi connectivity index (χ3v) is 4.92. The zero-order valence-electron chi connectivity index (χ0n) is 15.7. The van der Waals surface area contributed by atoms with E-state index < -0.39 is 35.3 Å². The number of cyclic esters (lactones) is 1. The molecule has 1 aromatic rings. The Morgan fingerprint density at radius 1 is 1.28 bits per heavy atom. The number of carbonyl (C=O) groups is 3. The van der Waals surface area contributed by atoms with E-state index in [-0.39, 0.29) is 12.4 Å². The van der Waals surface area contributed by atoms with Crippen molar-refractivity contribution in [1.29, 1.82) is 0 Å². The third-order valence-electron chi connectivity index (χ3n) is 4.92. The molecule has 1 fully saturated rings. The number of aryl methyl sites for hydroxylation is 2. The van der Waals surface area contributed by atoms with Gasteiger partial charge in [0.15, 0.2) is 11.7 Å². The lowest BCUT2D eigenvalue weighted by molar-refractivity contribution is -0.157. The minimum Gasteiger partial charge on any atom is -0.465 e. The molecule has 0 aliphatic carbocycles.